The van der Waals surface area contributed by atoms with Gasteiger partial charge in [-0.25, -0.2) is 0 Å². The van der Waals surface area contributed by atoms with Crippen LogP contribution in [0.4, 0.5) is 0 Å². The number of thiophene rings is 1. The molecule has 7 heteroatoms. The van der Waals surface area contributed by atoms with Gasteiger partial charge in [0.1, 0.15) is 0 Å². The van der Waals surface area contributed by atoms with E-state index < -0.39 is 0 Å². The van der Waals surface area contributed by atoms with Gasteiger partial charge in [0, 0.05) is 37.2 Å². The summed E-state index contributed by atoms with van der Waals surface area (Å²) in [6.45, 7) is 6.31. The van der Waals surface area contributed by atoms with Crippen molar-refractivity contribution in [2.75, 3.05) is 39.9 Å². The predicted octanol–water partition coefficient (Wildman–Crippen LogP) is 3.08. The normalized spacial score (nSPS) is 22.2. The molecule has 2 heterocycles. The van der Waals surface area contributed by atoms with Gasteiger partial charge in [-0.15, -0.1) is 35.3 Å². The number of aliphatic imine (C=N–C) groups is 1. The molecule has 1 aliphatic rings. The molecule has 5 nitrogen and oxygen atoms in total. The van der Waals surface area contributed by atoms with Crippen molar-refractivity contribution in [3.8, 4) is 0 Å². The Kier molecular flexibility index (Phi) is 10.9. The quantitative estimate of drug-likeness (QED) is 0.268. The highest BCUT2D eigenvalue weighted by atomic mass is 127. The van der Waals surface area contributed by atoms with Crippen LogP contribution in [-0.2, 0) is 4.74 Å². The molecule has 138 valence electrons. The van der Waals surface area contributed by atoms with E-state index in [4.69, 9.17) is 10.5 Å². The number of halogens is 1. The Morgan fingerprint density at radius 3 is 3.08 bits per heavy atom. The highest BCUT2D eigenvalue weighted by molar-refractivity contribution is 14.0. The van der Waals surface area contributed by atoms with Gasteiger partial charge in [-0.3, -0.25) is 9.89 Å². The molecule has 1 aliphatic heterocycles. The summed E-state index contributed by atoms with van der Waals surface area (Å²) >= 11 is 1.84. The summed E-state index contributed by atoms with van der Waals surface area (Å²) in [6, 6.07) is 4.85. The number of rotatable bonds is 8. The molecule has 1 saturated heterocycles. The minimum atomic E-state index is 0. The fourth-order valence-electron chi connectivity index (χ4n) is 3.17. The number of hydrogen-bond acceptors (Lipinski definition) is 4. The minimum Gasteiger partial charge on any atom is -0.382 e. The Morgan fingerprint density at radius 2 is 2.38 bits per heavy atom. The number of nitrogens with two attached hydrogens (primary N) is 1. The third kappa shape index (κ3) is 6.85. The molecular formula is C17H31IN4OS. The average molecular weight is 466 g/mol. The van der Waals surface area contributed by atoms with Gasteiger partial charge in [0.2, 0.25) is 0 Å². The molecule has 1 aromatic rings. The molecule has 0 amide bonds. The van der Waals surface area contributed by atoms with Gasteiger partial charge in [-0.05, 0) is 57.1 Å². The van der Waals surface area contributed by atoms with Crippen molar-refractivity contribution in [1.82, 2.24) is 10.2 Å². The van der Waals surface area contributed by atoms with Crippen LogP contribution in [0.1, 0.15) is 37.1 Å². The number of ether oxygens (including phenoxy) is 1. The standard InChI is InChI=1S/C17H30N4OS.HI/c1-3-22-11-6-9-19-17(18)20-13-14-7-4-10-21(2)16(14)15-8-5-12-23-15;/h5,8,12,14,16H,3-4,6-7,9-11,13H2,1-2H3,(H3,18,19,20);1H. The average Bonchev–Trinajstić information content (AvgIpc) is 3.06. The van der Waals surface area contributed by atoms with Crippen LogP contribution >= 0.6 is 35.3 Å². The summed E-state index contributed by atoms with van der Waals surface area (Å²) in [7, 11) is 2.22. The Balaban J connectivity index is 0.00000288. The van der Waals surface area contributed by atoms with E-state index in [2.05, 4.69) is 39.8 Å². The fourth-order valence-corrected chi connectivity index (χ4v) is 4.15. The highest BCUT2D eigenvalue weighted by Crippen LogP contribution is 2.37. The molecule has 1 aromatic heterocycles. The maximum Gasteiger partial charge on any atom is 0.188 e. The topological polar surface area (TPSA) is 62.9 Å². The third-order valence-corrected chi connectivity index (χ3v) is 5.26. The van der Waals surface area contributed by atoms with Crippen LogP contribution in [-0.4, -0.2) is 50.8 Å². The Labute approximate surface area is 167 Å². The second-order valence-electron chi connectivity index (χ2n) is 6.05. The maximum atomic E-state index is 5.99. The SMILES string of the molecule is CCOCCCNC(N)=NCC1CCCN(C)C1c1cccs1.I. The molecule has 0 aliphatic carbocycles. The van der Waals surface area contributed by atoms with Crippen molar-refractivity contribution in [3.05, 3.63) is 22.4 Å². The zero-order valence-corrected chi connectivity index (χ0v) is 17.9. The first-order chi connectivity index (χ1) is 11.2. The van der Waals surface area contributed by atoms with Crippen LogP contribution in [0.2, 0.25) is 0 Å². The van der Waals surface area contributed by atoms with Crippen LogP contribution in [0.25, 0.3) is 0 Å². The van der Waals surface area contributed by atoms with Crippen LogP contribution in [0.15, 0.2) is 22.5 Å². The van der Waals surface area contributed by atoms with Crippen LogP contribution in [0.3, 0.4) is 0 Å². The largest absolute Gasteiger partial charge is 0.382 e. The first-order valence-corrected chi connectivity index (χ1v) is 9.45. The maximum absolute atomic E-state index is 5.99. The fraction of sp³-hybridized carbons (Fsp3) is 0.706. The summed E-state index contributed by atoms with van der Waals surface area (Å²) in [5.74, 6) is 1.09. The van der Waals surface area contributed by atoms with E-state index in [1.807, 2.05) is 18.3 Å². The molecule has 2 atom stereocenters. The second-order valence-corrected chi connectivity index (χ2v) is 7.03. The molecule has 0 spiro atoms. The molecule has 1 fully saturated rings. The van der Waals surface area contributed by atoms with E-state index in [1.165, 1.54) is 17.7 Å². The second kappa shape index (κ2) is 12.1. The Bertz CT molecular complexity index is 469. The number of nitrogens with one attached hydrogen (secondary N) is 1. The molecule has 2 rings (SSSR count). The smallest absolute Gasteiger partial charge is 0.188 e. The van der Waals surface area contributed by atoms with Gasteiger partial charge in [0.05, 0.1) is 0 Å². The first-order valence-electron chi connectivity index (χ1n) is 8.57. The van der Waals surface area contributed by atoms with Crippen LogP contribution in [0.5, 0.6) is 0 Å². The lowest BCUT2D eigenvalue weighted by molar-refractivity contribution is 0.128. The van der Waals surface area contributed by atoms with Crippen LogP contribution < -0.4 is 11.1 Å². The van der Waals surface area contributed by atoms with Gasteiger partial charge in [0.15, 0.2) is 5.96 Å². The molecule has 24 heavy (non-hydrogen) atoms. The molecule has 3 N–H and O–H groups in total. The Hall–Kier alpha value is -0.380. The molecular weight excluding hydrogens is 435 g/mol. The van der Waals surface area contributed by atoms with Gasteiger partial charge in [-0.2, -0.15) is 0 Å². The van der Waals surface area contributed by atoms with Gasteiger partial charge >= 0.3 is 0 Å². The summed E-state index contributed by atoms with van der Waals surface area (Å²) in [5.41, 5.74) is 5.99. The van der Waals surface area contributed by atoms with E-state index in [-0.39, 0.29) is 24.0 Å². The van der Waals surface area contributed by atoms with E-state index in [0.29, 0.717) is 17.9 Å². The van der Waals surface area contributed by atoms with Crippen molar-refractivity contribution < 1.29 is 4.74 Å². The van der Waals surface area contributed by atoms with Gasteiger partial charge < -0.3 is 15.8 Å². The summed E-state index contributed by atoms with van der Waals surface area (Å²) in [5, 5.41) is 5.34. The van der Waals surface area contributed by atoms with E-state index in [0.717, 1.165) is 39.3 Å². The lowest BCUT2D eigenvalue weighted by atomic mass is 9.88. The highest BCUT2D eigenvalue weighted by Gasteiger charge is 2.30. The molecule has 0 radical (unpaired) electrons. The third-order valence-electron chi connectivity index (χ3n) is 4.31. The lowest BCUT2D eigenvalue weighted by Gasteiger charge is -2.38. The number of piperidine rings is 1. The molecule has 0 bridgehead atoms. The van der Waals surface area contributed by atoms with Crippen molar-refractivity contribution in [3.63, 3.8) is 0 Å². The van der Waals surface area contributed by atoms with E-state index >= 15 is 0 Å². The van der Waals surface area contributed by atoms with E-state index in [9.17, 15) is 0 Å². The first kappa shape index (κ1) is 21.7. The van der Waals surface area contributed by atoms with Crippen molar-refractivity contribution in [2.45, 2.75) is 32.2 Å². The molecule has 0 saturated carbocycles. The number of guanidine groups is 1. The zero-order chi connectivity index (χ0) is 16.5. The van der Waals surface area contributed by atoms with Crippen LogP contribution in [0, 0.1) is 5.92 Å². The van der Waals surface area contributed by atoms with Crippen molar-refractivity contribution in [2.24, 2.45) is 16.6 Å². The van der Waals surface area contributed by atoms with Crippen molar-refractivity contribution in [1.29, 1.82) is 0 Å². The minimum absolute atomic E-state index is 0. The van der Waals surface area contributed by atoms with Gasteiger partial charge in [-0.1, -0.05) is 6.07 Å². The number of nitrogens with zero attached hydrogens (tertiary/aromatic N) is 2. The zero-order valence-electron chi connectivity index (χ0n) is 14.7. The number of likely N-dealkylation sites (tertiary alicyclic amines) is 1. The van der Waals surface area contributed by atoms with E-state index in [1.54, 1.807) is 0 Å². The Morgan fingerprint density at radius 1 is 1.54 bits per heavy atom. The monoisotopic (exact) mass is 466 g/mol. The predicted molar refractivity (Wildman–Crippen MR) is 113 cm³/mol. The molecule has 2 unspecified atom stereocenters. The molecule has 0 aromatic carbocycles. The van der Waals surface area contributed by atoms with Gasteiger partial charge in [0.25, 0.3) is 0 Å². The summed E-state index contributed by atoms with van der Waals surface area (Å²) in [4.78, 5) is 8.48. The summed E-state index contributed by atoms with van der Waals surface area (Å²) < 4.78 is 5.31. The lowest BCUT2D eigenvalue weighted by Crippen LogP contribution is -2.38. The van der Waals surface area contributed by atoms with Crippen molar-refractivity contribution >= 4 is 41.3 Å². The summed E-state index contributed by atoms with van der Waals surface area (Å²) in [6.07, 6.45) is 3.41. The number of hydrogen-bond donors (Lipinski definition) is 2.